The van der Waals surface area contributed by atoms with Crippen LogP contribution < -0.4 is 0 Å². The molecule has 1 aromatic carbocycles. The van der Waals surface area contributed by atoms with E-state index in [4.69, 9.17) is 11.6 Å². The van der Waals surface area contributed by atoms with Crippen LogP contribution in [0.2, 0.25) is 5.15 Å². The van der Waals surface area contributed by atoms with Crippen molar-refractivity contribution in [2.45, 2.75) is 39.5 Å². The molecule has 2 aromatic rings. The number of benzene rings is 1. The third kappa shape index (κ3) is 2.78. The smallest absolute Gasteiger partial charge is 0.132 e. The molecule has 0 amide bonds. The second-order valence-corrected chi connectivity index (χ2v) is 4.82. The van der Waals surface area contributed by atoms with E-state index in [9.17, 15) is 0 Å². The minimum absolute atomic E-state index is 0.655. The van der Waals surface area contributed by atoms with Gasteiger partial charge < -0.3 is 0 Å². The van der Waals surface area contributed by atoms with E-state index in [0.717, 1.165) is 30.3 Å². The fraction of sp³-hybridized carbons (Fsp3) is 0.400. The molecule has 0 aliphatic carbocycles. The monoisotopic (exact) mass is 247 g/mol. The molecular formula is C15H18ClN. The van der Waals surface area contributed by atoms with Crippen LogP contribution in [0.15, 0.2) is 24.3 Å². The van der Waals surface area contributed by atoms with Crippen molar-refractivity contribution in [3.05, 3.63) is 40.5 Å². The highest BCUT2D eigenvalue weighted by Crippen LogP contribution is 2.23. The first-order chi connectivity index (χ1) is 8.24. The molecule has 0 aliphatic rings. The molecule has 0 bridgehead atoms. The van der Waals surface area contributed by atoms with Crippen molar-refractivity contribution >= 4 is 22.5 Å². The van der Waals surface area contributed by atoms with E-state index < -0.39 is 0 Å². The van der Waals surface area contributed by atoms with E-state index >= 15 is 0 Å². The zero-order valence-electron chi connectivity index (χ0n) is 10.5. The maximum atomic E-state index is 6.17. The van der Waals surface area contributed by atoms with Crippen LogP contribution in [0.3, 0.4) is 0 Å². The van der Waals surface area contributed by atoms with Crippen molar-refractivity contribution in [2.24, 2.45) is 0 Å². The summed E-state index contributed by atoms with van der Waals surface area (Å²) < 4.78 is 0. The molecule has 0 N–H and O–H groups in total. The van der Waals surface area contributed by atoms with Crippen LogP contribution in [0.25, 0.3) is 10.9 Å². The molecule has 1 nitrogen and oxygen atoms in total. The summed E-state index contributed by atoms with van der Waals surface area (Å²) in [7, 11) is 0. The molecule has 0 fully saturated rings. The topological polar surface area (TPSA) is 12.9 Å². The Morgan fingerprint density at radius 2 is 1.82 bits per heavy atom. The molecule has 0 spiro atoms. The van der Waals surface area contributed by atoms with Gasteiger partial charge in [0.2, 0.25) is 0 Å². The summed E-state index contributed by atoms with van der Waals surface area (Å²) >= 11 is 6.17. The Bertz CT molecular complexity index is 520. The number of pyridine rings is 1. The Kier molecular flexibility index (Phi) is 4.01. The lowest BCUT2D eigenvalue weighted by atomic mass is 10.0. The van der Waals surface area contributed by atoms with Crippen molar-refractivity contribution in [3.8, 4) is 0 Å². The Hall–Kier alpha value is -1.08. The minimum Gasteiger partial charge on any atom is -0.236 e. The molecule has 1 heterocycles. The van der Waals surface area contributed by atoms with Crippen LogP contribution in [0.1, 0.15) is 37.8 Å². The summed E-state index contributed by atoms with van der Waals surface area (Å²) in [5.41, 5.74) is 3.54. The van der Waals surface area contributed by atoms with Crippen molar-refractivity contribution in [2.75, 3.05) is 0 Å². The fourth-order valence-electron chi connectivity index (χ4n) is 2.14. The second kappa shape index (κ2) is 5.50. The highest BCUT2D eigenvalue weighted by molar-refractivity contribution is 6.30. The quantitative estimate of drug-likeness (QED) is 0.708. The average molecular weight is 248 g/mol. The Labute approximate surface area is 108 Å². The summed E-state index contributed by atoms with van der Waals surface area (Å²) in [4.78, 5) is 4.46. The third-order valence-corrected chi connectivity index (χ3v) is 3.29. The SMILES string of the molecule is CCCc1ccc2nc(Cl)c(CCC)cc2c1. The third-order valence-electron chi connectivity index (χ3n) is 2.96. The van der Waals surface area contributed by atoms with Crippen LogP contribution in [0.5, 0.6) is 0 Å². The lowest BCUT2D eigenvalue weighted by Crippen LogP contribution is -1.91. The van der Waals surface area contributed by atoms with Crippen molar-refractivity contribution in [1.29, 1.82) is 0 Å². The van der Waals surface area contributed by atoms with E-state index in [1.165, 1.54) is 17.4 Å². The Morgan fingerprint density at radius 3 is 2.53 bits per heavy atom. The van der Waals surface area contributed by atoms with Crippen LogP contribution in [-0.4, -0.2) is 4.98 Å². The summed E-state index contributed by atoms with van der Waals surface area (Å²) in [5, 5.41) is 1.87. The van der Waals surface area contributed by atoms with Gasteiger partial charge in [0.25, 0.3) is 0 Å². The molecule has 90 valence electrons. The lowest BCUT2D eigenvalue weighted by Gasteiger charge is -2.06. The van der Waals surface area contributed by atoms with E-state index in [0.29, 0.717) is 5.15 Å². The first-order valence-corrected chi connectivity index (χ1v) is 6.70. The first-order valence-electron chi connectivity index (χ1n) is 6.32. The number of nitrogens with zero attached hydrogens (tertiary/aromatic N) is 1. The number of fused-ring (bicyclic) bond motifs is 1. The number of aryl methyl sites for hydroxylation is 2. The number of hydrogen-bond acceptors (Lipinski definition) is 1. The van der Waals surface area contributed by atoms with Gasteiger partial charge in [-0.05, 0) is 42.2 Å². The first kappa shape index (κ1) is 12.4. The number of halogens is 1. The van der Waals surface area contributed by atoms with Gasteiger partial charge in [-0.2, -0.15) is 0 Å². The highest BCUT2D eigenvalue weighted by Gasteiger charge is 2.04. The molecule has 0 saturated heterocycles. The number of aromatic nitrogens is 1. The van der Waals surface area contributed by atoms with E-state index in [1.54, 1.807) is 0 Å². The molecule has 0 saturated carbocycles. The molecular weight excluding hydrogens is 230 g/mol. The summed E-state index contributed by atoms with van der Waals surface area (Å²) in [6, 6.07) is 8.64. The van der Waals surface area contributed by atoms with Gasteiger partial charge >= 0.3 is 0 Å². The number of rotatable bonds is 4. The molecule has 0 atom stereocenters. The average Bonchev–Trinajstić information content (AvgIpc) is 2.31. The number of hydrogen-bond donors (Lipinski definition) is 0. The Balaban J connectivity index is 2.48. The van der Waals surface area contributed by atoms with Gasteiger partial charge in [-0.25, -0.2) is 4.98 Å². The van der Waals surface area contributed by atoms with E-state index in [-0.39, 0.29) is 0 Å². The predicted octanol–water partition coefficient (Wildman–Crippen LogP) is 4.79. The van der Waals surface area contributed by atoms with Gasteiger partial charge in [-0.3, -0.25) is 0 Å². The maximum absolute atomic E-state index is 6.17. The van der Waals surface area contributed by atoms with Gasteiger partial charge in [-0.15, -0.1) is 0 Å². The molecule has 0 unspecified atom stereocenters. The molecule has 1 aromatic heterocycles. The molecule has 0 radical (unpaired) electrons. The molecule has 2 heteroatoms. The Morgan fingerprint density at radius 1 is 1.06 bits per heavy atom. The maximum Gasteiger partial charge on any atom is 0.132 e. The molecule has 17 heavy (non-hydrogen) atoms. The largest absolute Gasteiger partial charge is 0.236 e. The van der Waals surface area contributed by atoms with Crippen LogP contribution in [0.4, 0.5) is 0 Å². The van der Waals surface area contributed by atoms with Gasteiger partial charge in [0.1, 0.15) is 5.15 Å². The normalized spacial score (nSPS) is 11.0. The van der Waals surface area contributed by atoms with Gasteiger partial charge in [0, 0.05) is 5.39 Å². The standard InChI is InChI=1S/C15H18ClN/c1-3-5-11-7-8-14-13(9-11)10-12(6-4-2)15(16)17-14/h7-10H,3-6H2,1-2H3. The minimum atomic E-state index is 0.655. The van der Waals surface area contributed by atoms with Crippen molar-refractivity contribution in [3.63, 3.8) is 0 Å². The predicted molar refractivity (Wildman–Crippen MR) is 74.7 cm³/mol. The van der Waals surface area contributed by atoms with Gasteiger partial charge in [0.05, 0.1) is 5.52 Å². The van der Waals surface area contributed by atoms with Crippen LogP contribution >= 0.6 is 11.6 Å². The zero-order valence-corrected chi connectivity index (χ0v) is 11.2. The lowest BCUT2D eigenvalue weighted by molar-refractivity contribution is 0.915. The van der Waals surface area contributed by atoms with Gasteiger partial charge in [-0.1, -0.05) is 44.4 Å². The summed E-state index contributed by atoms with van der Waals surface area (Å²) in [5.74, 6) is 0. The van der Waals surface area contributed by atoms with Crippen LogP contribution in [0, 0.1) is 0 Å². The summed E-state index contributed by atoms with van der Waals surface area (Å²) in [6.07, 6.45) is 4.40. The van der Waals surface area contributed by atoms with Crippen molar-refractivity contribution < 1.29 is 0 Å². The fourth-order valence-corrected chi connectivity index (χ4v) is 2.38. The zero-order chi connectivity index (χ0) is 12.3. The molecule has 2 rings (SSSR count). The summed E-state index contributed by atoms with van der Waals surface area (Å²) in [6.45, 7) is 4.36. The van der Waals surface area contributed by atoms with Gasteiger partial charge in [0.15, 0.2) is 0 Å². The van der Waals surface area contributed by atoms with E-state index in [2.05, 4.69) is 43.1 Å². The van der Waals surface area contributed by atoms with Crippen LogP contribution in [-0.2, 0) is 12.8 Å². The highest BCUT2D eigenvalue weighted by atomic mass is 35.5. The van der Waals surface area contributed by atoms with E-state index in [1.807, 2.05) is 0 Å². The second-order valence-electron chi connectivity index (χ2n) is 4.47. The molecule has 0 aliphatic heterocycles. The van der Waals surface area contributed by atoms with Crippen molar-refractivity contribution in [1.82, 2.24) is 4.98 Å².